The van der Waals surface area contributed by atoms with Gasteiger partial charge in [-0.05, 0) is 30.9 Å². The summed E-state index contributed by atoms with van der Waals surface area (Å²) in [6.07, 6.45) is 5.13. The van der Waals surface area contributed by atoms with E-state index < -0.39 is 17.5 Å². The first-order chi connectivity index (χ1) is 10.6. The number of amides is 2. The van der Waals surface area contributed by atoms with Crippen molar-refractivity contribution in [3.05, 3.63) is 29.6 Å². The molecule has 2 rings (SSSR count). The van der Waals surface area contributed by atoms with Gasteiger partial charge in [0, 0.05) is 19.5 Å². The largest absolute Gasteiger partial charge is 0.507 e. The fourth-order valence-electron chi connectivity index (χ4n) is 2.75. The molecule has 0 saturated heterocycles. The molecule has 1 aliphatic rings. The molecule has 0 unspecified atom stereocenters. The highest BCUT2D eigenvalue weighted by molar-refractivity contribution is 5.97. The van der Waals surface area contributed by atoms with Crippen molar-refractivity contribution in [2.75, 3.05) is 13.1 Å². The van der Waals surface area contributed by atoms with E-state index in [4.69, 9.17) is 0 Å². The lowest BCUT2D eigenvalue weighted by Gasteiger charge is -2.11. The summed E-state index contributed by atoms with van der Waals surface area (Å²) in [5.41, 5.74) is -0.375. The molecule has 2 amide bonds. The number of hydrogen-bond donors (Lipinski definition) is 3. The first-order valence-electron chi connectivity index (χ1n) is 7.60. The third kappa shape index (κ3) is 4.44. The predicted octanol–water partition coefficient (Wildman–Crippen LogP) is 1.96. The Kier molecular flexibility index (Phi) is 5.75. The number of carbonyl (C=O) groups excluding carboxylic acids is 2. The Morgan fingerprint density at radius 3 is 2.55 bits per heavy atom. The van der Waals surface area contributed by atoms with Crippen molar-refractivity contribution in [2.45, 2.75) is 32.1 Å². The van der Waals surface area contributed by atoms with Gasteiger partial charge in [0.05, 0.1) is 0 Å². The average Bonchev–Trinajstić information content (AvgIpc) is 2.96. The molecule has 0 aliphatic heterocycles. The normalized spacial score (nSPS) is 14.8. The smallest absolute Gasteiger partial charge is 0.258 e. The minimum atomic E-state index is -0.775. The number of phenols is 1. The van der Waals surface area contributed by atoms with Gasteiger partial charge in [0.1, 0.15) is 17.1 Å². The molecule has 5 nitrogen and oxygen atoms in total. The van der Waals surface area contributed by atoms with Crippen molar-refractivity contribution in [3.8, 4) is 5.75 Å². The van der Waals surface area contributed by atoms with E-state index in [1.165, 1.54) is 25.0 Å². The van der Waals surface area contributed by atoms with Crippen LogP contribution in [0.4, 0.5) is 4.39 Å². The van der Waals surface area contributed by atoms with E-state index in [1.54, 1.807) is 0 Å². The number of nitrogens with one attached hydrogen (secondary N) is 2. The highest BCUT2D eigenvalue weighted by Gasteiger charge is 2.18. The standard InChI is InChI=1S/C16H21FN2O3/c17-12-6-3-7-13(20)15(12)16(22)19-9-8-18-14(21)10-11-4-1-2-5-11/h3,6-7,11,20H,1-2,4-5,8-10H2,(H,18,21)(H,19,22). The fraction of sp³-hybridized carbons (Fsp3) is 0.500. The molecule has 22 heavy (non-hydrogen) atoms. The van der Waals surface area contributed by atoms with Crippen LogP contribution in [-0.4, -0.2) is 30.0 Å². The van der Waals surface area contributed by atoms with Crippen molar-refractivity contribution in [1.82, 2.24) is 10.6 Å². The molecule has 1 aliphatic carbocycles. The van der Waals surface area contributed by atoms with E-state index in [-0.39, 0.29) is 24.6 Å². The second-order valence-corrected chi connectivity index (χ2v) is 5.59. The molecular formula is C16H21FN2O3. The maximum absolute atomic E-state index is 13.5. The van der Waals surface area contributed by atoms with E-state index in [2.05, 4.69) is 10.6 Å². The van der Waals surface area contributed by atoms with E-state index in [0.29, 0.717) is 12.3 Å². The number of aromatic hydroxyl groups is 1. The van der Waals surface area contributed by atoms with Crippen molar-refractivity contribution < 1.29 is 19.1 Å². The summed E-state index contributed by atoms with van der Waals surface area (Å²) < 4.78 is 13.5. The van der Waals surface area contributed by atoms with Gasteiger partial charge < -0.3 is 15.7 Å². The van der Waals surface area contributed by atoms with Gasteiger partial charge in [-0.2, -0.15) is 0 Å². The van der Waals surface area contributed by atoms with Crippen LogP contribution in [0.1, 0.15) is 42.5 Å². The number of rotatable bonds is 6. The Balaban J connectivity index is 1.70. The van der Waals surface area contributed by atoms with Gasteiger partial charge in [-0.3, -0.25) is 9.59 Å². The number of halogens is 1. The molecule has 0 atom stereocenters. The first kappa shape index (κ1) is 16.3. The summed E-state index contributed by atoms with van der Waals surface area (Å²) in [4.78, 5) is 23.5. The molecular weight excluding hydrogens is 287 g/mol. The van der Waals surface area contributed by atoms with Crippen LogP contribution in [0.25, 0.3) is 0 Å². The highest BCUT2D eigenvalue weighted by atomic mass is 19.1. The molecule has 120 valence electrons. The number of phenolic OH excluding ortho intramolecular Hbond substituents is 1. The summed E-state index contributed by atoms with van der Waals surface area (Å²) in [7, 11) is 0. The first-order valence-corrected chi connectivity index (χ1v) is 7.60. The molecule has 0 bridgehead atoms. The van der Waals surface area contributed by atoms with Crippen LogP contribution in [-0.2, 0) is 4.79 Å². The third-order valence-electron chi connectivity index (χ3n) is 3.90. The summed E-state index contributed by atoms with van der Waals surface area (Å²) in [5, 5.41) is 14.7. The zero-order chi connectivity index (χ0) is 15.9. The van der Waals surface area contributed by atoms with Crippen molar-refractivity contribution >= 4 is 11.8 Å². The lowest BCUT2D eigenvalue weighted by Crippen LogP contribution is -2.35. The van der Waals surface area contributed by atoms with Crippen LogP contribution < -0.4 is 10.6 Å². The molecule has 0 spiro atoms. The SMILES string of the molecule is O=C(CC1CCCC1)NCCNC(=O)c1c(O)cccc1F. The van der Waals surface area contributed by atoms with E-state index in [9.17, 15) is 19.1 Å². The van der Waals surface area contributed by atoms with Gasteiger partial charge >= 0.3 is 0 Å². The van der Waals surface area contributed by atoms with Gasteiger partial charge in [0.25, 0.3) is 5.91 Å². The highest BCUT2D eigenvalue weighted by Crippen LogP contribution is 2.27. The lowest BCUT2D eigenvalue weighted by atomic mass is 10.0. The molecule has 1 aromatic rings. The van der Waals surface area contributed by atoms with E-state index in [0.717, 1.165) is 18.9 Å². The van der Waals surface area contributed by atoms with Crippen LogP contribution in [0.15, 0.2) is 18.2 Å². The second-order valence-electron chi connectivity index (χ2n) is 5.59. The Labute approximate surface area is 128 Å². The molecule has 0 aromatic heterocycles. The zero-order valence-corrected chi connectivity index (χ0v) is 12.4. The minimum absolute atomic E-state index is 0.0186. The summed E-state index contributed by atoms with van der Waals surface area (Å²) in [5.74, 6) is -1.41. The minimum Gasteiger partial charge on any atom is -0.507 e. The van der Waals surface area contributed by atoms with E-state index >= 15 is 0 Å². The van der Waals surface area contributed by atoms with Crippen LogP contribution in [0.5, 0.6) is 5.75 Å². The maximum atomic E-state index is 13.5. The fourth-order valence-corrected chi connectivity index (χ4v) is 2.75. The maximum Gasteiger partial charge on any atom is 0.258 e. The molecule has 1 saturated carbocycles. The average molecular weight is 308 g/mol. The molecule has 1 fully saturated rings. The number of hydrogen-bond acceptors (Lipinski definition) is 3. The Morgan fingerprint density at radius 2 is 1.86 bits per heavy atom. The summed E-state index contributed by atoms with van der Waals surface area (Å²) in [6.45, 7) is 0.468. The molecule has 6 heteroatoms. The second kappa shape index (κ2) is 7.77. The number of benzene rings is 1. The van der Waals surface area contributed by atoms with Crippen LogP contribution >= 0.6 is 0 Å². The number of carbonyl (C=O) groups is 2. The van der Waals surface area contributed by atoms with Crippen LogP contribution in [0.3, 0.4) is 0 Å². The predicted molar refractivity (Wildman–Crippen MR) is 80.0 cm³/mol. The Morgan fingerprint density at radius 1 is 1.18 bits per heavy atom. The van der Waals surface area contributed by atoms with E-state index in [1.807, 2.05) is 0 Å². The van der Waals surface area contributed by atoms with Crippen molar-refractivity contribution in [2.24, 2.45) is 5.92 Å². The van der Waals surface area contributed by atoms with Gasteiger partial charge in [0.2, 0.25) is 5.91 Å². The summed E-state index contributed by atoms with van der Waals surface area (Å²) in [6, 6.07) is 3.68. The monoisotopic (exact) mass is 308 g/mol. The van der Waals surface area contributed by atoms with Crippen LogP contribution in [0.2, 0.25) is 0 Å². The topological polar surface area (TPSA) is 78.4 Å². The molecule has 0 radical (unpaired) electrons. The quantitative estimate of drug-likeness (QED) is 0.703. The summed E-state index contributed by atoms with van der Waals surface area (Å²) >= 11 is 0. The molecule has 1 aromatic carbocycles. The van der Waals surface area contributed by atoms with Crippen molar-refractivity contribution in [3.63, 3.8) is 0 Å². The molecule has 0 heterocycles. The van der Waals surface area contributed by atoms with Crippen LogP contribution in [0, 0.1) is 11.7 Å². The van der Waals surface area contributed by atoms with Gasteiger partial charge in [-0.25, -0.2) is 4.39 Å². The Bertz CT molecular complexity index is 522. The lowest BCUT2D eigenvalue weighted by molar-refractivity contribution is -0.121. The molecule has 3 N–H and O–H groups in total. The Hall–Kier alpha value is -2.11. The van der Waals surface area contributed by atoms with Gasteiger partial charge in [-0.1, -0.05) is 18.9 Å². The third-order valence-corrected chi connectivity index (χ3v) is 3.90. The van der Waals surface area contributed by atoms with Gasteiger partial charge in [0.15, 0.2) is 0 Å². The van der Waals surface area contributed by atoms with Gasteiger partial charge in [-0.15, -0.1) is 0 Å². The zero-order valence-electron chi connectivity index (χ0n) is 12.4. The van der Waals surface area contributed by atoms with Crippen molar-refractivity contribution in [1.29, 1.82) is 0 Å².